The molecule has 2 N–H and O–H groups in total. The summed E-state index contributed by atoms with van der Waals surface area (Å²) in [7, 11) is 0. The number of aromatic hydroxyl groups is 1. The summed E-state index contributed by atoms with van der Waals surface area (Å²) in [6.45, 7) is 8.71. The lowest BCUT2D eigenvalue weighted by atomic mass is 10.1. The van der Waals surface area contributed by atoms with Crippen LogP contribution in [0.25, 0.3) is 0 Å². The lowest BCUT2D eigenvalue weighted by Gasteiger charge is -2.23. The van der Waals surface area contributed by atoms with Crippen LogP contribution in [-0.4, -0.2) is 34.9 Å². The Morgan fingerprint density at radius 2 is 1.74 bits per heavy atom. The van der Waals surface area contributed by atoms with Gasteiger partial charge in [-0.05, 0) is 52.3 Å². The number of hydrogen-bond donors (Lipinski definition) is 2. The maximum atomic E-state index is 12.2. The number of nitrogens with one attached hydrogen (secondary N) is 1. The molecule has 0 saturated carbocycles. The average molecular weight is 323 g/mol. The Hall–Kier alpha value is -2.24. The van der Waals surface area contributed by atoms with Crippen molar-refractivity contribution in [2.45, 2.75) is 58.8 Å². The topological polar surface area (TPSA) is 84.9 Å². The monoisotopic (exact) mass is 323 g/mol. The molecule has 6 heteroatoms. The van der Waals surface area contributed by atoms with E-state index in [0.29, 0.717) is 0 Å². The third-order valence-corrected chi connectivity index (χ3v) is 2.70. The molecule has 0 saturated heterocycles. The van der Waals surface area contributed by atoms with Crippen molar-refractivity contribution in [1.29, 1.82) is 0 Å². The number of rotatable bonds is 5. The van der Waals surface area contributed by atoms with E-state index in [-0.39, 0.29) is 18.3 Å². The molecule has 0 unspecified atom stereocenters. The van der Waals surface area contributed by atoms with Crippen molar-refractivity contribution in [3.8, 4) is 5.75 Å². The molecule has 1 rings (SSSR count). The fourth-order valence-electron chi connectivity index (χ4n) is 1.83. The molecule has 1 aromatic carbocycles. The summed E-state index contributed by atoms with van der Waals surface area (Å²) in [4.78, 5) is 24.1. The van der Waals surface area contributed by atoms with Gasteiger partial charge in [-0.2, -0.15) is 0 Å². The Kier molecular flexibility index (Phi) is 6.42. The summed E-state index contributed by atoms with van der Waals surface area (Å²) in [5.41, 5.74) is 0.124. The van der Waals surface area contributed by atoms with E-state index in [1.807, 2.05) is 0 Å². The van der Waals surface area contributed by atoms with Crippen molar-refractivity contribution in [2.75, 3.05) is 0 Å². The fraction of sp³-hybridized carbons (Fsp3) is 0.529. The summed E-state index contributed by atoms with van der Waals surface area (Å²) in [5.74, 6) is -0.394. The zero-order chi connectivity index (χ0) is 17.6. The van der Waals surface area contributed by atoms with Crippen LogP contribution in [0.2, 0.25) is 0 Å². The average Bonchev–Trinajstić information content (AvgIpc) is 2.37. The fourth-order valence-corrected chi connectivity index (χ4v) is 1.83. The molecular formula is C17H25NO5. The smallest absolute Gasteiger partial charge is 0.408 e. The maximum absolute atomic E-state index is 12.2. The molecule has 0 spiro atoms. The number of esters is 1. The van der Waals surface area contributed by atoms with Crippen molar-refractivity contribution < 1.29 is 24.2 Å². The van der Waals surface area contributed by atoms with Crippen LogP contribution in [0.15, 0.2) is 24.3 Å². The molecule has 1 aromatic rings. The minimum absolute atomic E-state index is 0.134. The Morgan fingerprint density at radius 1 is 1.17 bits per heavy atom. The van der Waals surface area contributed by atoms with Crippen LogP contribution in [0.1, 0.15) is 40.2 Å². The van der Waals surface area contributed by atoms with E-state index < -0.39 is 23.7 Å². The minimum atomic E-state index is -0.864. The Bertz CT molecular complexity index is 531. The number of phenolic OH excluding ortho intramolecular Hbond substituents is 1. The van der Waals surface area contributed by atoms with Gasteiger partial charge in [-0.1, -0.05) is 12.1 Å². The largest absolute Gasteiger partial charge is 0.508 e. The highest BCUT2D eigenvalue weighted by atomic mass is 16.6. The molecule has 0 bridgehead atoms. The second-order valence-corrected chi connectivity index (χ2v) is 6.56. The number of hydrogen-bond acceptors (Lipinski definition) is 5. The van der Waals surface area contributed by atoms with Crippen LogP contribution in [0, 0.1) is 0 Å². The Labute approximate surface area is 136 Å². The molecule has 0 heterocycles. The van der Waals surface area contributed by atoms with Crippen molar-refractivity contribution in [1.82, 2.24) is 5.32 Å². The first-order chi connectivity index (χ1) is 10.6. The molecule has 0 radical (unpaired) electrons. The van der Waals surface area contributed by atoms with E-state index in [1.54, 1.807) is 46.8 Å². The van der Waals surface area contributed by atoms with Gasteiger partial charge in [-0.15, -0.1) is 0 Å². The predicted octanol–water partition coefficient (Wildman–Crippen LogP) is 2.78. The van der Waals surface area contributed by atoms with E-state index in [4.69, 9.17) is 9.47 Å². The molecule has 1 atom stereocenters. The lowest BCUT2D eigenvalue weighted by Crippen LogP contribution is -2.46. The molecule has 1 amide bonds. The predicted molar refractivity (Wildman–Crippen MR) is 86.2 cm³/mol. The first-order valence-corrected chi connectivity index (χ1v) is 7.55. The van der Waals surface area contributed by atoms with Gasteiger partial charge in [-0.25, -0.2) is 9.59 Å². The molecule has 6 nitrogen and oxygen atoms in total. The third kappa shape index (κ3) is 7.54. The molecule has 0 aliphatic heterocycles. The van der Waals surface area contributed by atoms with Gasteiger partial charge in [-0.3, -0.25) is 0 Å². The number of phenols is 1. The highest BCUT2D eigenvalue weighted by Crippen LogP contribution is 2.13. The summed E-state index contributed by atoms with van der Waals surface area (Å²) >= 11 is 0. The van der Waals surface area contributed by atoms with E-state index in [1.165, 1.54) is 12.1 Å². The van der Waals surface area contributed by atoms with Crippen molar-refractivity contribution in [2.24, 2.45) is 0 Å². The van der Waals surface area contributed by atoms with Crippen LogP contribution >= 0.6 is 0 Å². The number of carbonyl (C=O) groups excluding carboxylic acids is 2. The van der Waals surface area contributed by atoms with Gasteiger partial charge in [0.15, 0.2) is 0 Å². The molecule has 128 valence electrons. The first-order valence-electron chi connectivity index (χ1n) is 7.55. The second kappa shape index (κ2) is 7.85. The Morgan fingerprint density at radius 3 is 2.22 bits per heavy atom. The quantitative estimate of drug-likeness (QED) is 0.814. The number of benzene rings is 1. The summed E-state index contributed by atoms with van der Waals surface area (Å²) in [6, 6.07) is 5.54. The first kappa shape index (κ1) is 18.8. The normalized spacial score (nSPS) is 12.6. The maximum Gasteiger partial charge on any atom is 0.408 e. The summed E-state index contributed by atoms with van der Waals surface area (Å²) in [5, 5.41) is 11.9. The van der Waals surface area contributed by atoms with Crippen LogP contribution < -0.4 is 5.32 Å². The second-order valence-electron chi connectivity index (χ2n) is 6.56. The lowest BCUT2D eigenvalue weighted by molar-refractivity contribution is -0.149. The van der Waals surface area contributed by atoms with E-state index >= 15 is 0 Å². The summed E-state index contributed by atoms with van der Waals surface area (Å²) < 4.78 is 10.4. The van der Waals surface area contributed by atoms with Crippen LogP contribution in [0.3, 0.4) is 0 Å². The number of carbonyl (C=O) groups is 2. The standard InChI is InChI=1S/C17H25NO5/c1-11(2)22-15(20)14(18-16(21)23-17(3,4)5)10-12-6-8-13(19)9-7-12/h6-9,11,14,19H,10H2,1-5H3,(H,18,21)/t14-/m0/s1. The zero-order valence-corrected chi connectivity index (χ0v) is 14.3. The van der Waals surface area contributed by atoms with Crippen molar-refractivity contribution >= 4 is 12.1 Å². The molecule has 0 aliphatic carbocycles. The van der Waals surface area contributed by atoms with Gasteiger partial charge in [0.25, 0.3) is 0 Å². The van der Waals surface area contributed by atoms with Crippen molar-refractivity contribution in [3.05, 3.63) is 29.8 Å². The minimum Gasteiger partial charge on any atom is -0.508 e. The Balaban J connectivity index is 2.82. The molecular weight excluding hydrogens is 298 g/mol. The molecule has 0 aliphatic rings. The van der Waals surface area contributed by atoms with E-state index in [0.717, 1.165) is 5.56 Å². The third-order valence-electron chi connectivity index (χ3n) is 2.70. The molecule has 0 fully saturated rings. The number of ether oxygens (including phenoxy) is 2. The van der Waals surface area contributed by atoms with Gasteiger partial charge in [0.05, 0.1) is 6.10 Å². The summed E-state index contributed by atoms with van der Waals surface area (Å²) in [6.07, 6.45) is -0.724. The van der Waals surface area contributed by atoms with Crippen LogP contribution in [0.5, 0.6) is 5.75 Å². The zero-order valence-electron chi connectivity index (χ0n) is 14.3. The van der Waals surface area contributed by atoms with E-state index in [2.05, 4.69) is 5.32 Å². The van der Waals surface area contributed by atoms with Gasteiger partial charge < -0.3 is 19.9 Å². The van der Waals surface area contributed by atoms with E-state index in [9.17, 15) is 14.7 Å². The molecule has 23 heavy (non-hydrogen) atoms. The highest BCUT2D eigenvalue weighted by Gasteiger charge is 2.26. The van der Waals surface area contributed by atoms with Gasteiger partial charge in [0.2, 0.25) is 0 Å². The van der Waals surface area contributed by atoms with Crippen LogP contribution in [-0.2, 0) is 20.7 Å². The van der Waals surface area contributed by atoms with Gasteiger partial charge in [0.1, 0.15) is 17.4 Å². The van der Waals surface area contributed by atoms with Gasteiger partial charge >= 0.3 is 12.1 Å². The molecule has 0 aromatic heterocycles. The SMILES string of the molecule is CC(C)OC(=O)[C@H](Cc1ccc(O)cc1)NC(=O)OC(C)(C)C. The number of amides is 1. The number of alkyl carbamates (subject to hydrolysis) is 1. The van der Waals surface area contributed by atoms with Crippen LogP contribution in [0.4, 0.5) is 4.79 Å². The van der Waals surface area contributed by atoms with Crippen molar-refractivity contribution in [3.63, 3.8) is 0 Å². The highest BCUT2D eigenvalue weighted by molar-refractivity contribution is 5.81. The van der Waals surface area contributed by atoms with Gasteiger partial charge in [0, 0.05) is 6.42 Å².